The normalized spacial score (nSPS) is 15.3. The van der Waals surface area contributed by atoms with Crippen LogP contribution in [-0.4, -0.2) is 32.3 Å². The van der Waals surface area contributed by atoms with E-state index in [0.29, 0.717) is 17.3 Å². The molecule has 1 saturated carbocycles. The molecular formula is C21H26N2O3S. The van der Waals surface area contributed by atoms with Crippen LogP contribution in [0.5, 0.6) is 0 Å². The van der Waals surface area contributed by atoms with Crippen molar-refractivity contribution in [2.45, 2.75) is 50.0 Å². The first kappa shape index (κ1) is 19.4. The van der Waals surface area contributed by atoms with Crippen LogP contribution in [0.15, 0.2) is 53.4 Å². The van der Waals surface area contributed by atoms with Gasteiger partial charge in [-0.1, -0.05) is 37.5 Å². The van der Waals surface area contributed by atoms with Crippen molar-refractivity contribution in [3.63, 3.8) is 0 Å². The number of carbonyl (C=O) groups excluding carboxylic acids is 1. The summed E-state index contributed by atoms with van der Waals surface area (Å²) in [7, 11) is -1.78. The lowest BCUT2D eigenvalue weighted by molar-refractivity contribution is 0.0695. The Bertz CT molecular complexity index is 904. The molecule has 1 aliphatic rings. The number of carbonyl (C=O) groups is 1. The minimum absolute atomic E-state index is 0.00290. The Balaban J connectivity index is 1.76. The van der Waals surface area contributed by atoms with Gasteiger partial charge in [0.15, 0.2) is 0 Å². The highest BCUT2D eigenvalue weighted by molar-refractivity contribution is 7.92. The fraction of sp³-hybridized carbons (Fsp3) is 0.381. The molecular weight excluding hydrogens is 360 g/mol. The van der Waals surface area contributed by atoms with Crippen LogP contribution in [0.2, 0.25) is 0 Å². The van der Waals surface area contributed by atoms with E-state index in [1.165, 1.54) is 19.3 Å². The lowest BCUT2D eigenvalue weighted by Gasteiger charge is -2.31. The highest BCUT2D eigenvalue weighted by atomic mass is 32.2. The van der Waals surface area contributed by atoms with Crippen molar-refractivity contribution < 1.29 is 13.2 Å². The van der Waals surface area contributed by atoms with E-state index in [-0.39, 0.29) is 10.8 Å². The Labute approximate surface area is 161 Å². The molecule has 1 amide bonds. The van der Waals surface area contributed by atoms with Gasteiger partial charge in [0.25, 0.3) is 15.9 Å². The van der Waals surface area contributed by atoms with E-state index in [1.807, 2.05) is 18.9 Å². The minimum atomic E-state index is -3.64. The van der Waals surface area contributed by atoms with Crippen molar-refractivity contribution in [2.75, 3.05) is 11.8 Å². The third-order valence-corrected chi connectivity index (χ3v) is 6.60. The minimum Gasteiger partial charge on any atom is -0.339 e. The molecule has 0 aromatic heterocycles. The summed E-state index contributed by atoms with van der Waals surface area (Å²) in [6, 6.07) is 13.6. The van der Waals surface area contributed by atoms with Crippen molar-refractivity contribution in [2.24, 2.45) is 0 Å². The van der Waals surface area contributed by atoms with Gasteiger partial charge in [0, 0.05) is 24.3 Å². The molecule has 0 saturated heterocycles. The lowest BCUT2D eigenvalue weighted by atomic mass is 9.94. The summed E-state index contributed by atoms with van der Waals surface area (Å²) in [6.45, 7) is 1.84. The fourth-order valence-electron chi connectivity index (χ4n) is 3.60. The maximum atomic E-state index is 12.9. The van der Waals surface area contributed by atoms with Gasteiger partial charge in [-0.3, -0.25) is 9.52 Å². The number of sulfonamides is 1. The summed E-state index contributed by atoms with van der Waals surface area (Å²) in [4.78, 5) is 14.9. The molecule has 5 nitrogen and oxygen atoms in total. The van der Waals surface area contributed by atoms with Crippen LogP contribution in [0.25, 0.3) is 0 Å². The number of amides is 1. The van der Waals surface area contributed by atoms with Crippen LogP contribution < -0.4 is 4.72 Å². The average molecular weight is 387 g/mol. The Kier molecular flexibility index (Phi) is 5.85. The molecule has 0 radical (unpaired) electrons. The van der Waals surface area contributed by atoms with Crippen LogP contribution in [0.1, 0.15) is 48.0 Å². The highest BCUT2D eigenvalue weighted by Gasteiger charge is 2.24. The van der Waals surface area contributed by atoms with Gasteiger partial charge in [-0.2, -0.15) is 0 Å². The van der Waals surface area contributed by atoms with Crippen molar-refractivity contribution in [3.05, 3.63) is 59.7 Å². The van der Waals surface area contributed by atoms with Crippen LogP contribution in [0, 0.1) is 6.92 Å². The third-order valence-electron chi connectivity index (χ3n) is 5.21. The number of anilines is 1. The van der Waals surface area contributed by atoms with E-state index < -0.39 is 10.0 Å². The van der Waals surface area contributed by atoms with Gasteiger partial charge in [-0.25, -0.2) is 8.42 Å². The first-order valence-electron chi connectivity index (χ1n) is 9.34. The number of benzene rings is 2. The van der Waals surface area contributed by atoms with Crippen molar-refractivity contribution in [1.29, 1.82) is 0 Å². The molecule has 0 unspecified atom stereocenters. The second-order valence-corrected chi connectivity index (χ2v) is 8.84. The van der Waals surface area contributed by atoms with Gasteiger partial charge >= 0.3 is 0 Å². The zero-order valence-corrected chi connectivity index (χ0v) is 16.6. The molecule has 6 heteroatoms. The van der Waals surface area contributed by atoms with Gasteiger partial charge in [-0.05, 0) is 55.7 Å². The summed E-state index contributed by atoms with van der Waals surface area (Å²) in [5.41, 5.74) is 1.83. The van der Waals surface area contributed by atoms with E-state index in [1.54, 1.807) is 48.5 Å². The molecule has 3 rings (SSSR count). The molecule has 2 aromatic carbocycles. The summed E-state index contributed by atoms with van der Waals surface area (Å²) in [6.07, 6.45) is 5.68. The number of hydrogen-bond donors (Lipinski definition) is 1. The smallest absolute Gasteiger partial charge is 0.261 e. The second-order valence-electron chi connectivity index (χ2n) is 7.16. The fourth-order valence-corrected chi connectivity index (χ4v) is 4.68. The van der Waals surface area contributed by atoms with Crippen molar-refractivity contribution in [1.82, 2.24) is 4.90 Å². The summed E-state index contributed by atoms with van der Waals surface area (Å²) in [5, 5.41) is 0. The molecule has 1 fully saturated rings. The second kappa shape index (κ2) is 8.13. The van der Waals surface area contributed by atoms with E-state index >= 15 is 0 Å². The van der Waals surface area contributed by atoms with Crippen LogP contribution in [0.3, 0.4) is 0 Å². The molecule has 27 heavy (non-hydrogen) atoms. The Morgan fingerprint density at radius 1 is 1.04 bits per heavy atom. The predicted molar refractivity (Wildman–Crippen MR) is 107 cm³/mol. The molecule has 144 valence electrons. The van der Waals surface area contributed by atoms with E-state index in [0.717, 1.165) is 18.4 Å². The van der Waals surface area contributed by atoms with Gasteiger partial charge in [0.2, 0.25) is 0 Å². The number of hydrogen-bond acceptors (Lipinski definition) is 3. The molecule has 0 heterocycles. The van der Waals surface area contributed by atoms with E-state index in [9.17, 15) is 13.2 Å². The topological polar surface area (TPSA) is 66.5 Å². The SMILES string of the molecule is Cc1cc(NS(=O)(=O)c2ccccc2)ccc1C(=O)N(C)C1CCCCC1. The Morgan fingerprint density at radius 3 is 2.33 bits per heavy atom. The van der Waals surface area contributed by atoms with Crippen LogP contribution >= 0.6 is 0 Å². The van der Waals surface area contributed by atoms with Gasteiger partial charge in [0.1, 0.15) is 0 Å². The number of nitrogens with zero attached hydrogens (tertiary/aromatic N) is 1. The molecule has 0 bridgehead atoms. The summed E-state index contributed by atoms with van der Waals surface area (Å²) in [5.74, 6) is -0.00290. The standard InChI is InChI=1S/C21H26N2O3S/c1-16-15-17(22-27(25,26)19-11-7-4-8-12-19)13-14-20(16)21(24)23(2)18-9-5-3-6-10-18/h4,7-8,11-15,18,22H,3,5-6,9-10H2,1-2H3. The van der Waals surface area contributed by atoms with Gasteiger partial charge in [-0.15, -0.1) is 0 Å². The quantitative estimate of drug-likeness (QED) is 0.837. The monoisotopic (exact) mass is 386 g/mol. The number of rotatable bonds is 5. The van der Waals surface area contributed by atoms with Crippen LogP contribution in [0.4, 0.5) is 5.69 Å². The van der Waals surface area contributed by atoms with E-state index in [4.69, 9.17) is 0 Å². The molecule has 2 aromatic rings. The molecule has 1 aliphatic carbocycles. The molecule has 0 atom stereocenters. The highest BCUT2D eigenvalue weighted by Crippen LogP contribution is 2.25. The van der Waals surface area contributed by atoms with Crippen molar-refractivity contribution in [3.8, 4) is 0 Å². The first-order chi connectivity index (χ1) is 12.9. The van der Waals surface area contributed by atoms with Gasteiger partial charge < -0.3 is 4.90 Å². The van der Waals surface area contributed by atoms with Gasteiger partial charge in [0.05, 0.1) is 4.90 Å². The molecule has 0 spiro atoms. The summed E-state index contributed by atoms with van der Waals surface area (Å²) < 4.78 is 27.5. The first-order valence-corrected chi connectivity index (χ1v) is 10.8. The Hall–Kier alpha value is -2.34. The molecule has 1 N–H and O–H groups in total. The largest absolute Gasteiger partial charge is 0.339 e. The Morgan fingerprint density at radius 2 is 1.70 bits per heavy atom. The predicted octanol–water partition coefficient (Wildman–Crippen LogP) is 4.20. The van der Waals surface area contributed by atoms with Crippen LogP contribution in [-0.2, 0) is 10.0 Å². The van der Waals surface area contributed by atoms with E-state index in [2.05, 4.69) is 4.72 Å². The molecule has 0 aliphatic heterocycles. The zero-order valence-electron chi connectivity index (χ0n) is 15.8. The third kappa shape index (κ3) is 4.50. The van der Waals surface area contributed by atoms with Crippen molar-refractivity contribution >= 4 is 21.6 Å². The number of nitrogens with one attached hydrogen (secondary N) is 1. The maximum absolute atomic E-state index is 12.9. The maximum Gasteiger partial charge on any atom is 0.261 e. The zero-order chi connectivity index (χ0) is 19.4. The summed E-state index contributed by atoms with van der Waals surface area (Å²) >= 11 is 0. The average Bonchev–Trinajstić information content (AvgIpc) is 2.68. The lowest BCUT2D eigenvalue weighted by Crippen LogP contribution is -2.38. The number of aryl methyl sites for hydroxylation is 1.